The van der Waals surface area contributed by atoms with Gasteiger partial charge in [-0.1, -0.05) is 37.3 Å². The highest BCUT2D eigenvalue weighted by molar-refractivity contribution is 7.07. The van der Waals surface area contributed by atoms with Crippen LogP contribution in [0.25, 0.3) is 0 Å². The zero-order chi connectivity index (χ0) is 12.8. The summed E-state index contributed by atoms with van der Waals surface area (Å²) in [6, 6.07) is 13.4. The van der Waals surface area contributed by atoms with Crippen molar-refractivity contribution in [2.24, 2.45) is 5.92 Å². The van der Waals surface area contributed by atoms with Gasteiger partial charge in [-0.3, -0.25) is 0 Å². The van der Waals surface area contributed by atoms with Crippen LogP contribution in [-0.2, 0) is 6.42 Å². The molecule has 0 fully saturated rings. The molecule has 96 valence electrons. The van der Waals surface area contributed by atoms with Crippen LogP contribution < -0.4 is 5.32 Å². The van der Waals surface area contributed by atoms with Crippen molar-refractivity contribution in [3.05, 3.63) is 58.3 Å². The van der Waals surface area contributed by atoms with Crippen LogP contribution in [0.3, 0.4) is 0 Å². The molecule has 0 aliphatic rings. The van der Waals surface area contributed by atoms with E-state index in [4.69, 9.17) is 0 Å². The first kappa shape index (κ1) is 13.3. The Morgan fingerprint density at radius 3 is 2.56 bits per heavy atom. The Bertz CT molecular complexity index is 435. The third-order valence-electron chi connectivity index (χ3n) is 3.51. The second kappa shape index (κ2) is 6.72. The highest BCUT2D eigenvalue weighted by atomic mass is 32.1. The molecule has 2 rings (SSSR count). The molecule has 1 aromatic carbocycles. The molecule has 1 nitrogen and oxygen atoms in total. The topological polar surface area (TPSA) is 12.0 Å². The summed E-state index contributed by atoms with van der Waals surface area (Å²) in [6.45, 7) is 2.33. The lowest BCUT2D eigenvalue weighted by molar-refractivity contribution is 0.387. The van der Waals surface area contributed by atoms with Gasteiger partial charge in [0.2, 0.25) is 0 Å². The van der Waals surface area contributed by atoms with E-state index in [9.17, 15) is 0 Å². The summed E-state index contributed by atoms with van der Waals surface area (Å²) < 4.78 is 0. The van der Waals surface area contributed by atoms with E-state index >= 15 is 0 Å². The van der Waals surface area contributed by atoms with Gasteiger partial charge in [0.15, 0.2) is 0 Å². The van der Waals surface area contributed by atoms with Gasteiger partial charge >= 0.3 is 0 Å². The van der Waals surface area contributed by atoms with Crippen molar-refractivity contribution in [3.8, 4) is 0 Å². The van der Waals surface area contributed by atoms with Gasteiger partial charge in [0.25, 0.3) is 0 Å². The molecule has 0 saturated carbocycles. The van der Waals surface area contributed by atoms with E-state index in [2.05, 4.69) is 66.4 Å². The molecule has 0 spiro atoms. The van der Waals surface area contributed by atoms with Crippen LogP contribution in [-0.4, -0.2) is 7.05 Å². The van der Waals surface area contributed by atoms with E-state index in [1.54, 1.807) is 11.3 Å². The minimum absolute atomic E-state index is 0.449. The number of hydrogen-bond donors (Lipinski definition) is 1. The normalized spacial score (nSPS) is 14.3. The van der Waals surface area contributed by atoms with E-state index < -0.39 is 0 Å². The summed E-state index contributed by atoms with van der Waals surface area (Å²) in [6.07, 6.45) is 2.40. The molecule has 0 radical (unpaired) electrons. The molecular weight excluding hydrogens is 238 g/mol. The van der Waals surface area contributed by atoms with Crippen LogP contribution in [0.1, 0.15) is 30.5 Å². The molecule has 0 aliphatic carbocycles. The first-order valence-electron chi connectivity index (χ1n) is 6.54. The Labute approximate surface area is 114 Å². The first-order valence-corrected chi connectivity index (χ1v) is 7.49. The van der Waals surface area contributed by atoms with Gasteiger partial charge in [0, 0.05) is 6.04 Å². The average Bonchev–Trinajstić information content (AvgIpc) is 2.92. The summed E-state index contributed by atoms with van der Waals surface area (Å²) in [5.41, 5.74) is 2.85. The molecule has 2 atom stereocenters. The predicted molar refractivity (Wildman–Crippen MR) is 80.0 cm³/mol. The number of benzene rings is 1. The lowest BCUT2D eigenvalue weighted by atomic mass is 9.90. The smallest absolute Gasteiger partial charge is 0.0343 e. The maximum atomic E-state index is 3.45. The minimum Gasteiger partial charge on any atom is -0.313 e. The van der Waals surface area contributed by atoms with Crippen molar-refractivity contribution in [3.63, 3.8) is 0 Å². The Balaban J connectivity index is 1.95. The van der Waals surface area contributed by atoms with Gasteiger partial charge in [0.05, 0.1) is 0 Å². The fourth-order valence-electron chi connectivity index (χ4n) is 2.44. The second-order valence-corrected chi connectivity index (χ2v) is 5.60. The largest absolute Gasteiger partial charge is 0.313 e. The first-order chi connectivity index (χ1) is 8.81. The van der Waals surface area contributed by atoms with Gasteiger partial charge in [-0.15, -0.1) is 0 Å². The Kier molecular flexibility index (Phi) is 4.97. The summed E-state index contributed by atoms with van der Waals surface area (Å²) >= 11 is 1.79. The molecule has 0 aliphatic heterocycles. The van der Waals surface area contributed by atoms with Gasteiger partial charge in [-0.05, 0) is 53.8 Å². The Morgan fingerprint density at radius 2 is 1.94 bits per heavy atom. The van der Waals surface area contributed by atoms with Gasteiger partial charge in [0.1, 0.15) is 0 Å². The number of nitrogens with one attached hydrogen (secondary N) is 1. The van der Waals surface area contributed by atoms with Crippen molar-refractivity contribution >= 4 is 11.3 Å². The number of thiophene rings is 1. The molecule has 18 heavy (non-hydrogen) atoms. The molecule has 0 amide bonds. The molecular formula is C16H21NS. The van der Waals surface area contributed by atoms with Crippen LogP contribution in [0.4, 0.5) is 0 Å². The third-order valence-corrected chi connectivity index (χ3v) is 4.24. The van der Waals surface area contributed by atoms with E-state index in [0.29, 0.717) is 12.0 Å². The SMILES string of the molecule is CNC(c1ccccc1)C(C)CCc1ccsc1. The predicted octanol–water partition coefficient (Wildman–Crippen LogP) is 4.28. The number of hydrogen-bond acceptors (Lipinski definition) is 2. The van der Waals surface area contributed by atoms with Gasteiger partial charge in [-0.2, -0.15) is 11.3 Å². The van der Waals surface area contributed by atoms with E-state index in [1.807, 2.05) is 0 Å². The van der Waals surface area contributed by atoms with Crippen LogP contribution in [0, 0.1) is 5.92 Å². The molecule has 1 aromatic heterocycles. The van der Waals surface area contributed by atoms with E-state index in [-0.39, 0.29) is 0 Å². The van der Waals surface area contributed by atoms with Crippen LogP contribution in [0.15, 0.2) is 47.2 Å². The van der Waals surface area contributed by atoms with E-state index in [1.165, 1.54) is 24.0 Å². The fourth-order valence-corrected chi connectivity index (χ4v) is 3.14. The maximum absolute atomic E-state index is 3.45. The van der Waals surface area contributed by atoms with Crippen molar-refractivity contribution in [1.29, 1.82) is 0 Å². The lowest BCUT2D eigenvalue weighted by Gasteiger charge is -2.24. The van der Waals surface area contributed by atoms with Gasteiger partial charge < -0.3 is 5.32 Å². The van der Waals surface area contributed by atoms with Crippen LogP contribution in [0.2, 0.25) is 0 Å². The second-order valence-electron chi connectivity index (χ2n) is 4.82. The fraction of sp³-hybridized carbons (Fsp3) is 0.375. The highest BCUT2D eigenvalue weighted by Gasteiger charge is 2.16. The average molecular weight is 259 g/mol. The highest BCUT2D eigenvalue weighted by Crippen LogP contribution is 2.25. The maximum Gasteiger partial charge on any atom is 0.0343 e. The Hall–Kier alpha value is -1.12. The van der Waals surface area contributed by atoms with Crippen molar-refractivity contribution in [1.82, 2.24) is 5.32 Å². The third kappa shape index (κ3) is 3.44. The molecule has 0 saturated heterocycles. The number of aryl methyl sites for hydroxylation is 1. The molecule has 0 bridgehead atoms. The number of rotatable bonds is 6. The summed E-state index contributed by atoms with van der Waals surface area (Å²) in [7, 11) is 2.05. The van der Waals surface area contributed by atoms with Gasteiger partial charge in [-0.25, -0.2) is 0 Å². The molecule has 2 heteroatoms. The summed E-state index contributed by atoms with van der Waals surface area (Å²) in [5, 5.41) is 7.86. The van der Waals surface area contributed by atoms with Crippen molar-refractivity contribution in [2.45, 2.75) is 25.8 Å². The lowest BCUT2D eigenvalue weighted by Crippen LogP contribution is -2.23. The monoisotopic (exact) mass is 259 g/mol. The van der Waals surface area contributed by atoms with Crippen LogP contribution >= 0.6 is 11.3 Å². The quantitative estimate of drug-likeness (QED) is 0.816. The molecule has 2 aromatic rings. The minimum atomic E-state index is 0.449. The molecule has 1 N–H and O–H groups in total. The Morgan fingerprint density at radius 1 is 1.17 bits per heavy atom. The van der Waals surface area contributed by atoms with E-state index in [0.717, 1.165) is 0 Å². The summed E-state index contributed by atoms with van der Waals surface area (Å²) in [5.74, 6) is 0.636. The molecule has 1 heterocycles. The summed E-state index contributed by atoms with van der Waals surface area (Å²) in [4.78, 5) is 0. The van der Waals surface area contributed by atoms with Crippen molar-refractivity contribution < 1.29 is 0 Å². The zero-order valence-corrected chi connectivity index (χ0v) is 11.9. The van der Waals surface area contributed by atoms with Crippen molar-refractivity contribution in [2.75, 3.05) is 7.05 Å². The zero-order valence-electron chi connectivity index (χ0n) is 11.1. The van der Waals surface area contributed by atoms with Crippen LogP contribution in [0.5, 0.6) is 0 Å². The standard InChI is InChI=1S/C16H21NS/c1-13(8-9-14-10-11-18-12-14)16(17-2)15-6-4-3-5-7-15/h3-7,10-13,16-17H,8-9H2,1-2H3. The molecule has 2 unspecified atom stereocenters.